The fourth-order valence-corrected chi connectivity index (χ4v) is 6.06. The van der Waals surface area contributed by atoms with Crippen LogP contribution in [0.1, 0.15) is 19.3 Å². The molecule has 2 fully saturated rings. The molecule has 0 amide bonds. The molecule has 4 aromatic rings. The highest BCUT2D eigenvalue weighted by atomic mass is 35.5. The van der Waals surface area contributed by atoms with Gasteiger partial charge in [0.25, 0.3) is 0 Å². The van der Waals surface area contributed by atoms with Gasteiger partial charge in [-0.15, -0.1) is 0 Å². The number of aromatic nitrogens is 3. The van der Waals surface area contributed by atoms with Crippen molar-refractivity contribution < 1.29 is 9.50 Å². The lowest BCUT2D eigenvalue weighted by Gasteiger charge is -2.56. The van der Waals surface area contributed by atoms with Crippen molar-refractivity contribution in [1.82, 2.24) is 19.0 Å². The van der Waals surface area contributed by atoms with Crippen molar-refractivity contribution in [2.24, 2.45) is 7.05 Å². The highest BCUT2D eigenvalue weighted by molar-refractivity contribution is 6.32. The van der Waals surface area contributed by atoms with Crippen molar-refractivity contribution in [3.05, 3.63) is 82.4 Å². The van der Waals surface area contributed by atoms with Gasteiger partial charge in [-0.2, -0.15) is 0 Å². The number of anilines is 1. The topological polar surface area (TPSA) is 66.5 Å². The van der Waals surface area contributed by atoms with Crippen LogP contribution in [0.15, 0.2) is 65.8 Å². The minimum Gasteiger partial charge on any atom is -0.507 e. The van der Waals surface area contributed by atoms with Gasteiger partial charge in [0.05, 0.1) is 10.7 Å². The Hall–Kier alpha value is -3.62. The van der Waals surface area contributed by atoms with Crippen LogP contribution in [0.25, 0.3) is 27.9 Å². The van der Waals surface area contributed by atoms with E-state index in [2.05, 4.69) is 21.8 Å². The van der Waals surface area contributed by atoms with E-state index in [0.717, 1.165) is 31.9 Å². The normalized spacial score (nSPS) is 19.6. The molecule has 0 bridgehead atoms. The van der Waals surface area contributed by atoms with E-state index in [9.17, 15) is 14.3 Å². The first-order valence-electron chi connectivity index (χ1n) is 12.8. The van der Waals surface area contributed by atoms with Crippen molar-refractivity contribution in [2.75, 3.05) is 31.6 Å². The first kappa shape index (κ1) is 24.7. The number of likely N-dealkylation sites (N-methyl/N-ethyl adjacent to an activating group) is 1. The van der Waals surface area contributed by atoms with Crippen LogP contribution < -0.4 is 10.6 Å². The third-order valence-electron chi connectivity index (χ3n) is 8.20. The van der Waals surface area contributed by atoms with Gasteiger partial charge in [0.2, 0.25) is 0 Å². The lowest BCUT2D eigenvalue weighted by atomic mass is 9.78. The molecular formula is C29H29ClFN5O2. The van der Waals surface area contributed by atoms with Crippen LogP contribution in [0.2, 0.25) is 5.02 Å². The molecule has 38 heavy (non-hydrogen) atoms. The van der Waals surface area contributed by atoms with E-state index in [-0.39, 0.29) is 17.0 Å². The van der Waals surface area contributed by atoms with Crippen molar-refractivity contribution in [3.8, 4) is 33.7 Å². The van der Waals surface area contributed by atoms with E-state index in [1.165, 1.54) is 34.1 Å². The number of imidazole rings is 1. The molecule has 2 aliphatic heterocycles. The Morgan fingerprint density at radius 3 is 2.39 bits per heavy atom. The van der Waals surface area contributed by atoms with E-state index < -0.39 is 5.82 Å². The molecule has 2 aromatic carbocycles. The number of halogens is 2. The Morgan fingerprint density at radius 2 is 1.76 bits per heavy atom. The number of likely N-dealkylation sites (tertiary alicyclic amines) is 1. The number of benzene rings is 2. The van der Waals surface area contributed by atoms with Gasteiger partial charge in [-0.3, -0.25) is 9.47 Å². The van der Waals surface area contributed by atoms with E-state index in [1.54, 1.807) is 49.9 Å². The van der Waals surface area contributed by atoms with Crippen LogP contribution in [0.4, 0.5) is 10.2 Å². The van der Waals surface area contributed by atoms with Gasteiger partial charge in [-0.05, 0) is 73.8 Å². The lowest BCUT2D eigenvalue weighted by molar-refractivity contribution is -0.000620. The van der Waals surface area contributed by atoms with Crippen LogP contribution >= 0.6 is 11.6 Å². The number of phenolic OH excluding ortho intramolecular Hbond substituents is 1. The number of piperidine rings is 1. The Labute approximate surface area is 225 Å². The molecule has 1 atom stereocenters. The molecule has 1 unspecified atom stereocenters. The third-order valence-corrected chi connectivity index (χ3v) is 8.50. The SMILES string of the molecule is CN1CCC12CCCN(c1cc(-c3cc(F)cc(-c4ccc(-n5ccn(C)c5=O)c(Cl)c4)c3O)ccn1)C2. The van der Waals surface area contributed by atoms with Gasteiger partial charge in [-0.1, -0.05) is 17.7 Å². The summed E-state index contributed by atoms with van der Waals surface area (Å²) in [6, 6.07) is 11.4. The minimum absolute atomic E-state index is 0.0434. The van der Waals surface area contributed by atoms with Crippen LogP contribution in [-0.4, -0.2) is 56.3 Å². The van der Waals surface area contributed by atoms with E-state index in [1.807, 2.05) is 6.07 Å². The molecule has 9 heteroatoms. The smallest absolute Gasteiger partial charge is 0.332 e. The monoisotopic (exact) mass is 533 g/mol. The minimum atomic E-state index is -0.473. The zero-order valence-electron chi connectivity index (χ0n) is 21.4. The number of aromatic hydroxyl groups is 1. The quantitative estimate of drug-likeness (QED) is 0.396. The summed E-state index contributed by atoms with van der Waals surface area (Å²) >= 11 is 6.54. The number of pyridine rings is 1. The maximum atomic E-state index is 14.9. The number of hydrogen-bond donors (Lipinski definition) is 1. The Kier molecular flexibility index (Phi) is 6.04. The van der Waals surface area contributed by atoms with Crippen molar-refractivity contribution in [1.29, 1.82) is 0 Å². The summed E-state index contributed by atoms with van der Waals surface area (Å²) in [5.74, 6) is 0.310. The Bertz CT molecular complexity index is 1600. The van der Waals surface area contributed by atoms with Gasteiger partial charge in [0, 0.05) is 61.9 Å². The fraction of sp³-hybridized carbons (Fsp3) is 0.310. The predicted octanol–water partition coefficient (Wildman–Crippen LogP) is 5.08. The molecular weight excluding hydrogens is 505 g/mol. The lowest BCUT2D eigenvalue weighted by Crippen LogP contribution is -2.65. The van der Waals surface area contributed by atoms with Gasteiger partial charge in [0.1, 0.15) is 17.4 Å². The predicted molar refractivity (Wildman–Crippen MR) is 148 cm³/mol. The maximum Gasteiger partial charge on any atom is 0.332 e. The van der Waals surface area contributed by atoms with Gasteiger partial charge in [0.15, 0.2) is 0 Å². The van der Waals surface area contributed by atoms with E-state index >= 15 is 0 Å². The average molecular weight is 534 g/mol. The number of phenols is 1. The molecule has 0 radical (unpaired) electrons. The summed E-state index contributed by atoms with van der Waals surface area (Å²) in [7, 11) is 3.84. The summed E-state index contributed by atoms with van der Waals surface area (Å²) in [6.45, 7) is 2.95. The highest BCUT2D eigenvalue weighted by Gasteiger charge is 2.45. The number of nitrogens with zero attached hydrogens (tertiary/aromatic N) is 5. The van der Waals surface area contributed by atoms with Crippen LogP contribution in [0, 0.1) is 5.82 Å². The van der Waals surface area contributed by atoms with E-state index in [0.29, 0.717) is 33.0 Å². The first-order valence-corrected chi connectivity index (χ1v) is 13.1. The summed E-state index contributed by atoms with van der Waals surface area (Å²) in [5.41, 5.74) is 2.42. The zero-order chi connectivity index (χ0) is 26.6. The summed E-state index contributed by atoms with van der Waals surface area (Å²) < 4.78 is 17.8. The molecule has 4 heterocycles. The number of rotatable bonds is 4. The van der Waals surface area contributed by atoms with Crippen LogP contribution in [0.3, 0.4) is 0 Å². The molecule has 1 spiro atoms. The highest BCUT2D eigenvalue weighted by Crippen LogP contribution is 2.42. The molecule has 1 N–H and O–H groups in total. The summed E-state index contributed by atoms with van der Waals surface area (Å²) in [5, 5.41) is 11.6. The molecule has 2 aromatic heterocycles. The van der Waals surface area contributed by atoms with Crippen molar-refractivity contribution >= 4 is 17.4 Å². The van der Waals surface area contributed by atoms with Gasteiger partial charge in [-0.25, -0.2) is 14.2 Å². The number of hydrogen-bond acceptors (Lipinski definition) is 5. The van der Waals surface area contributed by atoms with Crippen molar-refractivity contribution in [3.63, 3.8) is 0 Å². The second-order valence-electron chi connectivity index (χ2n) is 10.4. The molecule has 7 nitrogen and oxygen atoms in total. The standard InChI is InChI=1S/C29H29ClFN5O2/c1-33-12-13-36(28(33)38)25-5-4-19(14-24(25)30)22-16-21(31)17-23(27(22)37)20-6-9-32-26(15-20)35-10-3-7-29(18-35)8-11-34(29)2/h4-6,9,12-17,37H,3,7-8,10-11,18H2,1-2H3. The molecule has 0 saturated carbocycles. The second kappa shape index (κ2) is 9.29. The molecule has 196 valence electrons. The summed E-state index contributed by atoms with van der Waals surface area (Å²) in [6.07, 6.45) is 8.47. The average Bonchev–Trinajstić information content (AvgIpc) is 3.26. The van der Waals surface area contributed by atoms with Gasteiger partial charge >= 0.3 is 5.69 Å². The van der Waals surface area contributed by atoms with E-state index in [4.69, 9.17) is 11.6 Å². The molecule has 6 rings (SSSR count). The molecule has 2 aliphatic rings. The first-order chi connectivity index (χ1) is 18.3. The van der Waals surface area contributed by atoms with Gasteiger partial charge < -0.3 is 14.6 Å². The Morgan fingerprint density at radius 1 is 1.00 bits per heavy atom. The molecule has 2 saturated heterocycles. The zero-order valence-corrected chi connectivity index (χ0v) is 22.1. The fourth-order valence-electron chi connectivity index (χ4n) is 5.79. The third kappa shape index (κ3) is 4.08. The number of aryl methyl sites for hydroxylation is 1. The Balaban J connectivity index is 1.35. The van der Waals surface area contributed by atoms with Crippen LogP contribution in [0.5, 0.6) is 5.75 Å². The molecule has 0 aliphatic carbocycles. The van der Waals surface area contributed by atoms with Crippen molar-refractivity contribution in [2.45, 2.75) is 24.8 Å². The largest absolute Gasteiger partial charge is 0.507 e. The second-order valence-corrected chi connectivity index (χ2v) is 10.8. The summed E-state index contributed by atoms with van der Waals surface area (Å²) in [4.78, 5) is 21.7. The maximum absolute atomic E-state index is 14.9. The van der Waals surface area contributed by atoms with Crippen LogP contribution in [-0.2, 0) is 7.05 Å².